The standard InChI is InChI=1S/C23H22N8OS/c32-29-21-22(28-17-6-8-18(9-7-17)31-16-24-14-27-31)25-15-26-23(21)30-12-10-20(11-13-30)33-19-4-2-1-3-5-19/h1-9,14-16,20H,10-13H2,(H,25,26,28). The van der Waals surface area contributed by atoms with Crippen molar-refractivity contribution in [1.29, 1.82) is 0 Å². The van der Waals surface area contributed by atoms with Crippen molar-refractivity contribution < 1.29 is 0 Å². The number of aromatic nitrogens is 5. The summed E-state index contributed by atoms with van der Waals surface area (Å²) < 4.78 is 1.67. The fraction of sp³-hybridized carbons (Fsp3) is 0.217. The summed E-state index contributed by atoms with van der Waals surface area (Å²) in [6, 6.07) is 18.0. The van der Waals surface area contributed by atoms with Crippen LogP contribution in [0.25, 0.3) is 5.69 Å². The molecule has 0 spiro atoms. The second-order valence-electron chi connectivity index (χ2n) is 7.62. The number of piperidine rings is 1. The highest BCUT2D eigenvalue weighted by Crippen LogP contribution is 2.37. The summed E-state index contributed by atoms with van der Waals surface area (Å²) in [7, 11) is 0. The third-order valence-corrected chi connectivity index (χ3v) is 6.84. The molecular formula is C23H22N8OS. The number of benzene rings is 2. The van der Waals surface area contributed by atoms with Crippen LogP contribution in [0.5, 0.6) is 0 Å². The summed E-state index contributed by atoms with van der Waals surface area (Å²) in [5.74, 6) is 0.967. The van der Waals surface area contributed by atoms with E-state index in [1.807, 2.05) is 42.1 Å². The second-order valence-corrected chi connectivity index (χ2v) is 8.99. The van der Waals surface area contributed by atoms with E-state index < -0.39 is 0 Å². The van der Waals surface area contributed by atoms with Gasteiger partial charge in [0, 0.05) is 28.9 Å². The van der Waals surface area contributed by atoms with Crippen molar-refractivity contribution in [2.45, 2.75) is 23.0 Å². The highest BCUT2D eigenvalue weighted by Gasteiger charge is 2.25. The highest BCUT2D eigenvalue weighted by atomic mass is 32.2. The van der Waals surface area contributed by atoms with Crippen LogP contribution in [0.4, 0.5) is 23.0 Å². The van der Waals surface area contributed by atoms with E-state index in [4.69, 9.17) is 0 Å². The summed E-state index contributed by atoms with van der Waals surface area (Å²) in [6.07, 6.45) is 6.61. The molecule has 0 aliphatic carbocycles. The number of hydrogen-bond donors (Lipinski definition) is 1. The van der Waals surface area contributed by atoms with Crippen molar-refractivity contribution in [3.63, 3.8) is 0 Å². The molecule has 10 heteroatoms. The number of nitroso groups, excluding NO2 is 1. The first-order valence-corrected chi connectivity index (χ1v) is 11.6. The van der Waals surface area contributed by atoms with E-state index in [1.54, 1.807) is 11.0 Å². The van der Waals surface area contributed by atoms with Crippen molar-refractivity contribution in [3.8, 4) is 5.69 Å². The number of anilines is 3. The average molecular weight is 459 g/mol. The van der Waals surface area contributed by atoms with E-state index in [1.165, 1.54) is 17.6 Å². The molecule has 4 aromatic rings. The quantitative estimate of drug-likeness (QED) is 0.388. The molecule has 0 saturated carbocycles. The van der Waals surface area contributed by atoms with Crippen LogP contribution in [0.1, 0.15) is 12.8 Å². The first-order chi connectivity index (χ1) is 16.3. The predicted molar refractivity (Wildman–Crippen MR) is 130 cm³/mol. The molecule has 2 aromatic carbocycles. The number of rotatable bonds is 7. The molecule has 33 heavy (non-hydrogen) atoms. The van der Waals surface area contributed by atoms with E-state index in [9.17, 15) is 4.91 Å². The Kier molecular flexibility index (Phi) is 6.25. The molecule has 1 aliphatic heterocycles. The van der Waals surface area contributed by atoms with Gasteiger partial charge in [0.25, 0.3) is 0 Å². The van der Waals surface area contributed by atoms with E-state index in [0.717, 1.165) is 37.3 Å². The Balaban J connectivity index is 1.28. The lowest BCUT2D eigenvalue weighted by Gasteiger charge is -2.32. The SMILES string of the molecule is O=Nc1c(Nc2ccc(-n3cncn3)cc2)ncnc1N1CCC(Sc2ccccc2)CC1. The number of hydrogen-bond acceptors (Lipinski definition) is 9. The van der Waals surface area contributed by atoms with Gasteiger partial charge >= 0.3 is 0 Å². The molecule has 0 atom stereocenters. The number of nitrogens with zero attached hydrogens (tertiary/aromatic N) is 7. The molecule has 5 rings (SSSR count). The van der Waals surface area contributed by atoms with Gasteiger partial charge in [0.1, 0.15) is 19.0 Å². The van der Waals surface area contributed by atoms with Gasteiger partial charge in [-0.25, -0.2) is 19.6 Å². The fourth-order valence-corrected chi connectivity index (χ4v) is 4.97. The molecule has 0 bridgehead atoms. The van der Waals surface area contributed by atoms with Gasteiger partial charge < -0.3 is 10.2 Å². The summed E-state index contributed by atoms with van der Waals surface area (Å²) in [5.41, 5.74) is 1.89. The first-order valence-electron chi connectivity index (χ1n) is 10.7. The van der Waals surface area contributed by atoms with Gasteiger partial charge in [0.05, 0.1) is 5.69 Å². The Morgan fingerprint density at radius 2 is 1.76 bits per heavy atom. The smallest absolute Gasteiger partial charge is 0.192 e. The lowest BCUT2D eigenvalue weighted by molar-refractivity contribution is 0.586. The zero-order valence-corrected chi connectivity index (χ0v) is 18.6. The monoisotopic (exact) mass is 458 g/mol. The van der Waals surface area contributed by atoms with Crippen molar-refractivity contribution in [2.24, 2.45) is 5.18 Å². The lowest BCUT2D eigenvalue weighted by Crippen LogP contribution is -2.35. The van der Waals surface area contributed by atoms with Crippen LogP contribution in [-0.2, 0) is 0 Å². The summed E-state index contributed by atoms with van der Waals surface area (Å²) in [5, 5.41) is 11.1. The van der Waals surface area contributed by atoms with Gasteiger partial charge in [-0.15, -0.1) is 16.7 Å². The number of thioether (sulfide) groups is 1. The fourth-order valence-electron chi connectivity index (χ4n) is 3.83. The zero-order chi connectivity index (χ0) is 22.5. The molecule has 0 amide bonds. The van der Waals surface area contributed by atoms with Crippen molar-refractivity contribution in [2.75, 3.05) is 23.3 Å². The van der Waals surface area contributed by atoms with Gasteiger partial charge in [-0.1, -0.05) is 18.2 Å². The number of nitrogens with one attached hydrogen (secondary N) is 1. The molecule has 166 valence electrons. The molecule has 9 nitrogen and oxygen atoms in total. The van der Waals surface area contributed by atoms with Gasteiger partial charge in [-0.05, 0) is 54.4 Å². The van der Waals surface area contributed by atoms with Gasteiger partial charge in [-0.3, -0.25) is 0 Å². The van der Waals surface area contributed by atoms with Crippen molar-refractivity contribution in [1.82, 2.24) is 24.7 Å². The Hall–Kier alpha value is -3.79. The Morgan fingerprint density at radius 1 is 0.970 bits per heavy atom. The zero-order valence-electron chi connectivity index (χ0n) is 17.8. The maximum atomic E-state index is 11.8. The van der Waals surface area contributed by atoms with Gasteiger partial charge in [0.15, 0.2) is 17.3 Å². The average Bonchev–Trinajstić information content (AvgIpc) is 3.41. The highest BCUT2D eigenvalue weighted by molar-refractivity contribution is 8.00. The minimum absolute atomic E-state index is 0.229. The van der Waals surface area contributed by atoms with Crippen LogP contribution in [0, 0.1) is 4.91 Å². The normalized spacial score (nSPS) is 14.2. The summed E-state index contributed by atoms with van der Waals surface area (Å²) in [4.78, 5) is 27.8. The van der Waals surface area contributed by atoms with E-state index in [0.29, 0.717) is 16.9 Å². The van der Waals surface area contributed by atoms with E-state index in [2.05, 4.69) is 59.7 Å². The van der Waals surface area contributed by atoms with Crippen molar-refractivity contribution >= 4 is 34.8 Å². The maximum absolute atomic E-state index is 11.8. The third-order valence-electron chi connectivity index (χ3n) is 5.50. The molecule has 3 heterocycles. The predicted octanol–water partition coefficient (Wildman–Crippen LogP) is 4.96. The van der Waals surface area contributed by atoms with E-state index in [-0.39, 0.29) is 5.69 Å². The minimum atomic E-state index is 0.229. The van der Waals surface area contributed by atoms with Crippen LogP contribution in [0.15, 0.2) is 83.7 Å². The first kappa shape index (κ1) is 21.1. The van der Waals surface area contributed by atoms with E-state index >= 15 is 0 Å². The van der Waals surface area contributed by atoms with Crippen LogP contribution in [0.2, 0.25) is 0 Å². The minimum Gasteiger partial charge on any atom is -0.354 e. The Labute approximate surface area is 195 Å². The summed E-state index contributed by atoms with van der Waals surface area (Å²) in [6.45, 7) is 1.63. The molecule has 0 radical (unpaired) electrons. The van der Waals surface area contributed by atoms with Crippen molar-refractivity contribution in [3.05, 3.63) is 78.5 Å². The van der Waals surface area contributed by atoms with Crippen LogP contribution < -0.4 is 10.2 Å². The molecular weight excluding hydrogens is 436 g/mol. The topological polar surface area (TPSA) is 101 Å². The Morgan fingerprint density at radius 3 is 2.45 bits per heavy atom. The van der Waals surface area contributed by atoms with Crippen LogP contribution >= 0.6 is 11.8 Å². The third kappa shape index (κ3) is 4.85. The molecule has 2 aromatic heterocycles. The molecule has 1 fully saturated rings. The maximum Gasteiger partial charge on any atom is 0.192 e. The largest absolute Gasteiger partial charge is 0.354 e. The molecule has 1 saturated heterocycles. The van der Waals surface area contributed by atoms with Gasteiger partial charge in [0.2, 0.25) is 0 Å². The lowest BCUT2D eigenvalue weighted by atomic mass is 10.1. The second kappa shape index (κ2) is 9.78. The molecule has 1 N–H and O–H groups in total. The molecule has 0 unspecified atom stereocenters. The Bertz CT molecular complexity index is 1190. The summed E-state index contributed by atoms with van der Waals surface area (Å²) >= 11 is 1.91. The van der Waals surface area contributed by atoms with Crippen LogP contribution in [-0.4, -0.2) is 43.1 Å². The van der Waals surface area contributed by atoms with Gasteiger partial charge in [-0.2, -0.15) is 5.10 Å². The molecule has 1 aliphatic rings. The van der Waals surface area contributed by atoms with Crippen LogP contribution in [0.3, 0.4) is 0 Å².